The lowest BCUT2D eigenvalue weighted by molar-refractivity contribution is 0.0971. The van der Waals surface area contributed by atoms with Crippen molar-refractivity contribution >= 4 is 11.5 Å². The number of carbonyl (C=O) groups is 1. The monoisotopic (exact) mass is 329 g/mol. The van der Waals surface area contributed by atoms with Crippen LogP contribution in [0.1, 0.15) is 33.8 Å². The Hall–Kier alpha value is -3.60. The average Bonchev–Trinajstić information content (AvgIpc) is 2.63. The lowest BCUT2D eigenvalue weighted by atomic mass is 9.82. The van der Waals surface area contributed by atoms with Gasteiger partial charge in [0, 0.05) is 28.5 Å². The zero-order chi connectivity index (χ0) is 18.2. The molecule has 0 fully saturated rings. The number of Topliss-reactive ketones (excluding diaryl/α,β-unsaturated/α-hetero) is 1. The average molecular weight is 329 g/mol. The fraction of sp³-hybridized carbons (Fsp3) is 0.211. The molecular formula is C19H15N5O. The molecule has 0 N–H and O–H groups in total. The van der Waals surface area contributed by atoms with Gasteiger partial charge in [-0.05, 0) is 18.0 Å². The van der Waals surface area contributed by atoms with Crippen LogP contribution in [0.4, 0.5) is 5.69 Å². The van der Waals surface area contributed by atoms with Gasteiger partial charge >= 0.3 is 0 Å². The molecule has 1 atom stereocenters. The van der Waals surface area contributed by atoms with Crippen molar-refractivity contribution in [2.24, 2.45) is 11.0 Å². The van der Waals surface area contributed by atoms with Crippen LogP contribution in [-0.2, 0) is 0 Å². The molecule has 6 heteroatoms. The van der Waals surface area contributed by atoms with Crippen LogP contribution in [0.5, 0.6) is 0 Å². The van der Waals surface area contributed by atoms with Gasteiger partial charge in [-0.25, -0.2) is 0 Å². The van der Waals surface area contributed by atoms with Crippen molar-refractivity contribution < 1.29 is 4.79 Å². The molecule has 122 valence electrons. The molecule has 2 aromatic carbocycles. The molecule has 0 aliphatic rings. The van der Waals surface area contributed by atoms with Crippen molar-refractivity contribution in [2.75, 3.05) is 0 Å². The molecule has 0 spiro atoms. The highest BCUT2D eigenvalue weighted by Crippen LogP contribution is 2.35. The lowest BCUT2D eigenvalue weighted by Crippen LogP contribution is -2.15. The Bertz CT molecular complexity index is 885. The Labute approximate surface area is 145 Å². The number of aryl methyl sites for hydroxylation is 1. The second-order valence-electron chi connectivity index (χ2n) is 5.58. The Morgan fingerprint density at radius 3 is 2.40 bits per heavy atom. The van der Waals surface area contributed by atoms with Gasteiger partial charge in [-0.3, -0.25) is 4.79 Å². The van der Waals surface area contributed by atoms with Crippen molar-refractivity contribution in [2.45, 2.75) is 19.3 Å². The molecule has 0 aliphatic carbocycles. The largest absolute Gasteiger partial charge is 0.294 e. The summed E-state index contributed by atoms with van der Waals surface area (Å²) in [5.41, 5.74) is 11.1. The third kappa shape index (κ3) is 4.23. The summed E-state index contributed by atoms with van der Waals surface area (Å²) >= 11 is 0. The van der Waals surface area contributed by atoms with Gasteiger partial charge in [-0.2, -0.15) is 10.5 Å². The second-order valence-corrected chi connectivity index (χ2v) is 5.58. The van der Waals surface area contributed by atoms with Crippen molar-refractivity contribution in [3.05, 3.63) is 75.7 Å². The number of benzene rings is 2. The topological polar surface area (TPSA) is 113 Å². The summed E-state index contributed by atoms with van der Waals surface area (Å²) in [6.45, 7) is 1.93. The summed E-state index contributed by atoms with van der Waals surface area (Å²) in [5.74, 6) is -1.87. The van der Waals surface area contributed by atoms with Gasteiger partial charge in [0.2, 0.25) is 0 Å². The quantitative estimate of drug-likeness (QED) is 0.323. The van der Waals surface area contributed by atoms with Crippen LogP contribution >= 0.6 is 0 Å². The van der Waals surface area contributed by atoms with Crippen LogP contribution in [0, 0.1) is 35.5 Å². The number of rotatable bonds is 6. The van der Waals surface area contributed by atoms with Crippen LogP contribution in [0.2, 0.25) is 0 Å². The Balaban J connectivity index is 2.43. The van der Waals surface area contributed by atoms with Gasteiger partial charge < -0.3 is 0 Å². The molecule has 0 aromatic heterocycles. The summed E-state index contributed by atoms with van der Waals surface area (Å²) in [7, 11) is 0. The molecule has 0 saturated carbocycles. The fourth-order valence-corrected chi connectivity index (χ4v) is 2.61. The maximum atomic E-state index is 12.6. The first kappa shape index (κ1) is 17.7. The van der Waals surface area contributed by atoms with Crippen LogP contribution in [-0.4, -0.2) is 5.78 Å². The third-order valence-electron chi connectivity index (χ3n) is 3.95. The molecule has 25 heavy (non-hydrogen) atoms. The van der Waals surface area contributed by atoms with E-state index in [9.17, 15) is 15.3 Å². The number of ketones is 1. The summed E-state index contributed by atoms with van der Waals surface area (Å²) < 4.78 is 0. The molecule has 6 nitrogen and oxygen atoms in total. The minimum Gasteiger partial charge on any atom is -0.294 e. The van der Waals surface area contributed by atoms with Crippen LogP contribution < -0.4 is 0 Å². The number of hydrogen-bond acceptors (Lipinski definition) is 4. The molecule has 2 rings (SSSR count). The van der Waals surface area contributed by atoms with E-state index in [0.29, 0.717) is 16.8 Å². The Morgan fingerprint density at radius 1 is 1.16 bits per heavy atom. The van der Waals surface area contributed by atoms with Crippen molar-refractivity contribution in [3.63, 3.8) is 0 Å². The van der Waals surface area contributed by atoms with Gasteiger partial charge in [0.25, 0.3) is 0 Å². The second kappa shape index (κ2) is 8.31. The van der Waals surface area contributed by atoms with Crippen molar-refractivity contribution in [1.29, 1.82) is 10.5 Å². The molecule has 0 bridgehead atoms. The standard InChI is InChI=1S/C19H15N5O/c1-13-6-8-14(9-7-13)19(25)10-17(15(11-20)12-21)16-4-2-3-5-18(16)23-24-22/h2-9,15,17H,10H2,1H3. The highest BCUT2D eigenvalue weighted by molar-refractivity contribution is 5.96. The molecule has 1 unspecified atom stereocenters. The van der Waals surface area contributed by atoms with Crippen LogP contribution in [0.3, 0.4) is 0 Å². The molecular weight excluding hydrogens is 314 g/mol. The zero-order valence-electron chi connectivity index (χ0n) is 13.6. The normalized spacial score (nSPS) is 11.0. The fourth-order valence-electron chi connectivity index (χ4n) is 2.61. The third-order valence-corrected chi connectivity index (χ3v) is 3.95. The predicted molar refractivity (Wildman–Crippen MR) is 92.8 cm³/mol. The first-order chi connectivity index (χ1) is 12.1. The first-order valence-electron chi connectivity index (χ1n) is 7.63. The maximum absolute atomic E-state index is 12.6. The Morgan fingerprint density at radius 2 is 1.80 bits per heavy atom. The van der Waals surface area contributed by atoms with Gasteiger partial charge in [0.1, 0.15) is 5.92 Å². The highest BCUT2D eigenvalue weighted by atomic mass is 16.1. The molecule has 0 saturated heterocycles. The Kier molecular flexibility index (Phi) is 5.90. The number of nitrogens with zero attached hydrogens (tertiary/aromatic N) is 5. The van der Waals surface area contributed by atoms with Crippen molar-refractivity contribution in [3.8, 4) is 12.1 Å². The zero-order valence-corrected chi connectivity index (χ0v) is 13.6. The van der Waals surface area contributed by atoms with E-state index >= 15 is 0 Å². The summed E-state index contributed by atoms with van der Waals surface area (Å²) in [5, 5.41) is 22.2. The molecule has 0 radical (unpaired) electrons. The van der Waals surface area contributed by atoms with E-state index in [4.69, 9.17) is 5.53 Å². The SMILES string of the molecule is Cc1ccc(C(=O)CC(c2ccccc2N=[N+]=[N-])C(C#N)C#N)cc1. The van der Waals surface area contributed by atoms with Crippen LogP contribution in [0.15, 0.2) is 53.6 Å². The van der Waals surface area contributed by atoms with E-state index in [0.717, 1.165) is 5.56 Å². The highest BCUT2D eigenvalue weighted by Gasteiger charge is 2.27. The molecule has 0 heterocycles. The molecule has 0 aliphatic heterocycles. The summed E-state index contributed by atoms with van der Waals surface area (Å²) in [4.78, 5) is 15.4. The van der Waals surface area contributed by atoms with Gasteiger partial charge in [0.05, 0.1) is 12.1 Å². The van der Waals surface area contributed by atoms with Gasteiger partial charge in [-0.15, -0.1) is 0 Å². The van der Waals surface area contributed by atoms with Crippen molar-refractivity contribution in [1.82, 2.24) is 0 Å². The van der Waals surface area contributed by atoms with Crippen LogP contribution in [0.25, 0.3) is 10.4 Å². The van der Waals surface area contributed by atoms with E-state index < -0.39 is 11.8 Å². The maximum Gasteiger partial charge on any atom is 0.163 e. The summed E-state index contributed by atoms with van der Waals surface area (Å²) in [6.07, 6.45) is -0.0210. The van der Waals surface area contributed by atoms with E-state index in [1.807, 2.05) is 31.2 Å². The number of nitriles is 2. The number of hydrogen-bond donors (Lipinski definition) is 0. The summed E-state index contributed by atoms with van der Waals surface area (Å²) in [6, 6.07) is 17.7. The minimum atomic E-state index is -1.02. The molecule has 0 amide bonds. The predicted octanol–water partition coefficient (Wildman–Crippen LogP) is 4.96. The van der Waals surface area contributed by atoms with Gasteiger partial charge in [-0.1, -0.05) is 59.2 Å². The number of azide groups is 1. The molecule has 2 aromatic rings. The number of carbonyl (C=O) groups excluding carboxylic acids is 1. The smallest absolute Gasteiger partial charge is 0.163 e. The van der Waals surface area contributed by atoms with E-state index in [2.05, 4.69) is 10.0 Å². The minimum absolute atomic E-state index is 0.0210. The van der Waals surface area contributed by atoms with E-state index in [-0.39, 0.29) is 12.2 Å². The van der Waals surface area contributed by atoms with E-state index in [1.165, 1.54) is 0 Å². The first-order valence-corrected chi connectivity index (χ1v) is 7.63. The van der Waals surface area contributed by atoms with E-state index in [1.54, 1.807) is 36.4 Å². The van der Waals surface area contributed by atoms with Gasteiger partial charge in [0.15, 0.2) is 5.78 Å². The lowest BCUT2D eigenvalue weighted by Gasteiger charge is -2.19.